The molecule has 13 heavy (non-hydrogen) atoms. The topological polar surface area (TPSA) is 37.7 Å². The largest absolute Gasteiger partial charge is 0.321 e. The van der Waals surface area contributed by atoms with Gasteiger partial charge in [-0.2, -0.15) is 0 Å². The van der Waals surface area contributed by atoms with Crippen LogP contribution in [0.2, 0.25) is 0 Å². The highest BCUT2D eigenvalue weighted by atomic mass is 16.3. The minimum Gasteiger partial charge on any atom is -0.321 e. The van der Waals surface area contributed by atoms with Gasteiger partial charge in [0.2, 0.25) is 6.23 Å². The zero-order chi connectivity index (χ0) is 9.10. The summed E-state index contributed by atoms with van der Waals surface area (Å²) in [5.41, 5.74) is 0.540. The molecule has 2 rings (SSSR count). The highest BCUT2D eigenvalue weighted by molar-refractivity contribution is 5.08. The lowest BCUT2D eigenvalue weighted by Crippen LogP contribution is -2.07. The van der Waals surface area contributed by atoms with Crippen molar-refractivity contribution in [3.05, 3.63) is 54.6 Å². The fraction of sp³-hybridized carbons (Fsp3) is 0.100. The highest BCUT2D eigenvalue weighted by Gasteiger charge is 2.10. The molecule has 3 heteroatoms. The van der Waals surface area contributed by atoms with Crippen LogP contribution in [0.3, 0.4) is 0 Å². The van der Waals surface area contributed by atoms with Gasteiger partial charge in [-0.05, 0) is 24.3 Å². The van der Waals surface area contributed by atoms with Crippen molar-refractivity contribution in [2.45, 2.75) is 6.23 Å². The van der Waals surface area contributed by atoms with Crippen molar-refractivity contribution in [3.63, 3.8) is 0 Å². The molecule has 0 bridgehead atoms. The second-order valence-corrected chi connectivity index (χ2v) is 2.74. The van der Waals surface area contributed by atoms with Crippen LogP contribution in [0, 0.1) is 0 Å². The molecule has 65 valence electrons. The van der Waals surface area contributed by atoms with Crippen molar-refractivity contribution in [1.29, 1.82) is 0 Å². The first-order valence-corrected chi connectivity index (χ1v) is 4.07. The van der Waals surface area contributed by atoms with Gasteiger partial charge in [0.15, 0.2) is 0 Å². The summed E-state index contributed by atoms with van der Waals surface area (Å²) in [4.78, 5) is 4.00. The molecule has 0 aromatic carbocycles. The van der Waals surface area contributed by atoms with Crippen molar-refractivity contribution < 1.29 is 5.11 Å². The molecule has 0 amide bonds. The zero-order valence-corrected chi connectivity index (χ0v) is 7.00. The van der Waals surface area contributed by atoms with Crippen LogP contribution in [0.25, 0.3) is 0 Å². The Hall–Kier alpha value is -1.61. The van der Waals surface area contributed by atoms with Gasteiger partial charge in [0.1, 0.15) is 0 Å². The molecule has 0 aliphatic rings. The fourth-order valence-electron chi connectivity index (χ4n) is 1.18. The molecular formula is C10H9N2O. The van der Waals surface area contributed by atoms with Gasteiger partial charge in [-0.3, -0.25) is 4.98 Å². The summed E-state index contributed by atoms with van der Waals surface area (Å²) in [6.45, 7) is 0. The minimum absolute atomic E-state index is 0.540. The van der Waals surface area contributed by atoms with E-state index < -0.39 is 6.23 Å². The number of hydrogen-bond acceptors (Lipinski definition) is 1. The van der Waals surface area contributed by atoms with E-state index in [1.165, 1.54) is 0 Å². The lowest BCUT2D eigenvalue weighted by Gasteiger charge is -2.08. The number of aromatic nitrogens is 2. The van der Waals surface area contributed by atoms with Gasteiger partial charge in [0.05, 0.1) is 5.69 Å². The molecule has 2 aromatic heterocycles. The van der Waals surface area contributed by atoms with Crippen LogP contribution in [0.15, 0.2) is 48.9 Å². The average molecular weight is 173 g/mol. The summed E-state index contributed by atoms with van der Waals surface area (Å²) in [5.74, 6) is 0. The first-order chi connectivity index (χ1) is 6.38. The van der Waals surface area contributed by atoms with E-state index in [9.17, 15) is 5.11 Å². The van der Waals surface area contributed by atoms with E-state index in [2.05, 4.69) is 4.98 Å². The van der Waals surface area contributed by atoms with Crippen molar-refractivity contribution in [2.75, 3.05) is 0 Å². The van der Waals surface area contributed by atoms with Gasteiger partial charge in [-0.15, -0.1) is 0 Å². The van der Waals surface area contributed by atoms with Crippen LogP contribution in [0.1, 0.15) is 11.9 Å². The van der Waals surface area contributed by atoms with Crippen molar-refractivity contribution in [1.82, 2.24) is 9.55 Å². The predicted molar refractivity (Wildman–Crippen MR) is 47.5 cm³/mol. The van der Waals surface area contributed by atoms with E-state index in [1.54, 1.807) is 35.3 Å². The normalized spacial score (nSPS) is 12.7. The molecule has 0 saturated carbocycles. The predicted octanol–water partition coefficient (Wildman–Crippen LogP) is 1.86. The third-order valence-electron chi connectivity index (χ3n) is 1.84. The molecule has 3 nitrogen and oxygen atoms in total. The van der Waals surface area contributed by atoms with Crippen LogP contribution < -0.4 is 0 Å². The van der Waals surface area contributed by atoms with Gasteiger partial charge in [-0.25, -0.2) is 5.11 Å². The molecule has 0 aliphatic carbocycles. The second kappa shape index (κ2) is 3.41. The summed E-state index contributed by atoms with van der Waals surface area (Å²) in [5, 5.41) is 11.7. The maximum Gasteiger partial charge on any atom is 0.211 e. The molecule has 1 atom stereocenters. The van der Waals surface area contributed by atoms with Crippen LogP contribution in [-0.4, -0.2) is 9.55 Å². The van der Waals surface area contributed by atoms with Crippen LogP contribution in [0.4, 0.5) is 0 Å². The number of rotatable bonds is 2. The fourth-order valence-corrected chi connectivity index (χ4v) is 1.18. The molecule has 0 N–H and O–H groups in total. The van der Waals surface area contributed by atoms with E-state index in [0.717, 1.165) is 0 Å². The van der Waals surface area contributed by atoms with E-state index in [-0.39, 0.29) is 0 Å². The lowest BCUT2D eigenvalue weighted by atomic mass is 10.3. The first-order valence-electron chi connectivity index (χ1n) is 4.07. The number of hydrogen-bond donors (Lipinski definition) is 0. The molecule has 0 aliphatic heterocycles. The van der Waals surface area contributed by atoms with E-state index in [1.807, 2.05) is 18.2 Å². The van der Waals surface area contributed by atoms with Gasteiger partial charge >= 0.3 is 0 Å². The SMILES string of the molecule is [O]C(c1ccccn1)n1cccc1. The van der Waals surface area contributed by atoms with E-state index >= 15 is 0 Å². The Balaban J connectivity index is 2.29. The van der Waals surface area contributed by atoms with Gasteiger partial charge in [0, 0.05) is 18.6 Å². The van der Waals surface area contributed by atoms with Crippen LogP contribution >= 0.6 is 0 Å². The van der Waals surface area contributed by atoms with E-state index in [4.69, 9.17) is 0 Å². The molecule has 0 saturated heterocycles. The summed E-state index contributed by atoms with van der Waals surface area (Å²) < 4.78 is 1.59. The average Bonchev–Trinajstić information content (AvgIpc) is 2.71. The maximum atomic E-state index is 11.7. The third kappa shape index (κ3) is 1.60. The summed E-state index contributed by atoms with van der Waals surface area (Å²) in [7, 11) is 0. The molecule has 0 spiro atoms. The summed E-state index contributed by atoms with van der Waals surface area (Å²) in [6, 6.07) is 9.00. The third-order valence-corrected chi connectivity index (χ3v) is 1.84. The van der Waals surface area contributed by atoms with Crippen LogP contribution in [-0.2, 0) is 5.11 Å². The smallest absolute Gasteiger partial charge is 0.211 e. The number of nitrogens with zero attached hydrogens (tertiary/aromatic N) is 2. The number of pyridine rings is 1. The highest BCUT2D eigenvalue weighted by Crippen LogP contribution is 2.12. The first kappa shape index (κ1) is 8.01. The molecule has 0 fully saturated rings. The quantitative estimate of drug-likeness (QED) is 0.683. The zero-order valence-electron chi connectivity index (χ0n) is 7.00. The van der Waals surface area contributed by atoms with Crippen molar-refractivity contribution in [2.24, 2.45) is 0 Å². The maximum absolute atomic E-state index is 11.7. The monoisotopic (exact) mass is 173 g/mol. The van der Waals surface area contributed by atoms with Gasteiger partial charge in [-0.1, -0.05) is 6.07 Å². The summed E-state index contributed by atoms with van der Waals surface area (Å²) >= 11 is 0. The molecule has 2 heterocycles. The van der Waals surface area contributed by atoms with E-state index in [0.29, 0.717) is 5.69 Å². The summed E-state index contributed by atoms with van der Waals surface area (Å²) in [6.07, 6.45) is 4.18. The Bertz CT molecular complexity index is 356. The Labute approximate surface area is 76.3 Å². The lowest BCUT2D eigenvalue weighted by molar-refractivity contribution is 0.0597. The Morgan fingerprint density at radius 3 is 2.54 bits per heavy atom. The van der Waals surface area contributed by atoms with Gasteiger partial charge < -0.3 is 4.57 Å². The molecule has 1 unspecified atom stereocenters. The standard InChI is InChI=1S/C10H9N2O/c13-10(12-7-3-4-8-12)9-5-1-2-6-11-9/h1-8,10H. The Morgan fingerprint density at radius 1 is 1.15 bits per heavy atom. The molecule has 1 radical (unpaired) electrons. The Morgan fingerprint density at radius 2 is 1.92 bits per heavy atom. The van der Waals surface area contributed by atoms with Crippen LogP contribution in [0.5, 0.6) is 0 Å². The molecule has 2 aromatic rings. The molecular weight excluding hydrogens is 164 g/mol. The van der Waals surface area contributed by atoms with Crippen molar-refractivity contribution >= 4 is 0 Å². The Kier molecular flexibility index (Phi) is 2.10. The second-order valence-electron chi connectivity index (χ2n) is 2.74. The van der Waals surface area contributed by atoms with Gasteiger partial charge in [0.25, 0.3) is 0 Å². The van der Waals surface area contributed by atoms with Crippen molar-refractivity contribution in [3.8, 4) is 0 Å². The minimum atomic E-state index is -0.934.